The molecule has 0 aliphatic heterocycles. The number of nitrogens with one attached hydrogen (secondary N) is 1. The van der Waals surface area contributed by atoms with Crippen molar-refractivity contribution in [3.05, 3.63) is 24.5 Å². The van der Waals surface area contributed by atoms with E-state index in [0.29, 0.717) is 0 Å². The van der Waals surface area contributed by atoms with Crippen LogP contribution in [0.15, 0.2) is 24.5 Å². The molecule has 56 valence electrons. The van der Waals surface area contributed by atoms with Crippen LogP contribution in [0.25, 0.3) is 0 Å². The number of carbonyl (C=O) groups is 1. The number of H-pyrrole nitrogens is 1. The number of carboxylic acids is 1. The molecule has 0 amide bonds. The molecule has 0 spiro atoms. The maximum atomic E-state index is 10.5. The van der Waals surface area contributed by atoms with Crippen LogP contribution in [0.2, 0.25) is 0 Å². The standard InChI is InChI=1S/C4H5N.C2H3FO2/c1-2-4-5-3-1;3-1-2(4)5/h1-5H;1H2,(H,4,5). The van der Waals surface area contributed by atoms with E-state index < -0.39 is 12.6 Å². The van der Waals surface area contributed by atoms with Gasteiger partial charge >= 0.3 is 5.97 Å². The molecule has 0 radical (unpaired) electrons. The molecular weight excluding hydrogens is 137 g/mol. The van der Waals surface area contributed by atoms with Gasteiger partial charge in [-0.05, 0) is 12.1 Å². The smallest absolute Gasteiger partial charge is 0.335 e. The Morgan fingerprint density at radius 2 is 1.90 bits per heavy atom. The van der Waals surface area contributed by atoms with E-state index in [1.54, 1.807) is 0 Å². The summed E-state index contributed by atoms with van der Waals surface area (Å²) in [4.78, 5) is 11.9. The molecule has 1 heterocycles. The summed E-state index contributed by atoms with van der Waals surface area (Å²) in [5, 5.41) is 7.35. The molecule has 4 heteroatoms. The molecule has 1 rings (SSSR count). The third kappa shape index (κ3) is 6.68. The number of aromatic nitrogens is 1. The van der Waals surface area contributed by atoms with Crippen LogP contribution in [0, 0.1) is 0 Å². The molecular formula is C6H8FNO2. The van der Waals surface area contributed by atoms with Gasteiger partial charge in [0, 0.05) is 12.4 Å². The lowest BCUT2D eigenvalue weighted by Crippen LogP contribution is -1.93. The lowest BCUT2D eigenvalue weighted by molar-refractivity contribution is -0.137. The molecule has 0 saturated heterocycles. The Morgan fingerprint density at radius 3 is 2.00 bits per heavy atom. The molecule has 2 N–H and O–H groups in total. The summed E-state index contributed by atoms with van der Waals surface area (Å²) in [6.07, 6.45) is 3.75. The monoisotopic (exact) mass is 145 g/mol. The zero-order valence-corrected chi connectivity index (χ0v) is 5.25. The minimum absolute atomic E-state index is 1.28. The minimum Gasteiger partial charge on any atom is -0.479 e. The molecule has 0 bridgehead atoms. The maximum Gasteiger partial charge on any atom is 0.335 e. The van der Waals surface area contributed by atoms with E-state index in [1.807, 2.05) is 24.5 Å². The van der Waals surface area contributed by atoms with Gasteiger partial charge in [0.25, 0.3) is 0 Å². The van der Waals surface area contributed by atoms with E-state index in [9.17, 15) is 4.39 Å². The molecule has 0 saturated carbocycles. The molecule has 0 fully saturated rings. The van der Waals surface area contributed by atoms with E-state index in [1.165, 1.54) is 0 Å². The van der Waals surface area contributed by atoms with Gasteiger partial charge in [-0.3, -0.25) is 0 Å². The van der Waals surface area contributed by atoms with Crippen molar-refractivity contribution in [3.8, 4) is 0 Å². The van der Waals surface area contributed by atoms with Crippen LogP contribution >= 0.6 is 0 Å². The van der Waals surface area contributed by atoms with Gasteiger partial charge in [-0.2, -0.15) is 0 Å². The second-order valence-corrected chi connectivity index (χ2v) is 1.41. The van der Waals surface area contributed by atoms with Gasteiger partial charge in [0.15, 0.2) is 6.67 Å². The van der Waals surface area contributed by atoms with Crippen LogP contribution in [-0.2, 0) is 4.79 Å². The molecule has 1 aromatic rings. The first-order chi connectivity index (χ1) is 4.77. The first kappa shape index (κ1) is 8.68. The summed E-state index contributed by atoms with van der Waals surface area (Å²) in [7, 11) is 0. The predicted molar refractivity (Wildman–Crippen MR) is 34.4 cm³/mol. The SMILES string of the molecule is O=C(O)CF.c1cc[nH]c1. The molecule has 0 aliphatic carbocycles. The van der Waals surface area contributed by atoms with E-state index >= 15 is 0 Å². The highest BCUT2D eigenvalue weighted by molar-refractivity contribution is 5.67. The van der Waals surface area contributed by atoms with Gasteiger partial charge < -0.3 is 10.1 Å². The lowest BCUT2D eigenvalue weighted by atomic mass is 10.7. The van der Waals surface area contributed by atoms with Crippen molar-refractivity contribution < 1.29 is 14.3 Å². The Kier molecular flexibility index (Phi) is 5.04. The van der Waals surface area contributed by atoms with Gasteiger partial charge in [0.05, 0.1) is 0 Å². The van der Waals surface area contributed by atoms with Crippen molar-refractivity contribution in [3.63, 3.8) is 0 Å². The molecule has 1 aromatic heterocycles. The largest absolute Gasteiger partial charge is 0.479 e. The minimum atomic E-state index is -1.41. The van der Waals surface area contributed by atoms with Gasteiger partial charge in [0.2, 0.25) is 0 Å². The van der Waals surface area contributed by atoms with Crippen LogP contribution in [0.1, 0.15) is 0 Å². The van der Waals surface area contributed by atoms with Crippen molar-refractivity contribution >= 4 is 5.97 Å². The first-order valence-electron chi connectivity index (χ1n) is 2.63. The highest BCUT2D eigenvalue weighted by atomic mass is 19.1. The van der Waals surface area contributed by atoms with Gasteiger partial charge in [-0.1, -0.05) is 0 Å². The Bertz CT molecular complexity index is 145. The second-order valence-electron chi connectivity index (χ2n) is 1.41. The number of hydrogen-bond donors (Lipinski definition) is 2. The average Bonchev–Trinajstić information content (AvgIpc) is 2.43. The zero-order valence-electron chi connectivity index (χ0n) is 5.25. The van der Waals surface area contributed by atoms with Crippen molar-refractivity contribution in [1.82, 2.24) is 4.98 Å². The van der Waals surface area contributed by atoms with Crippen molar-refractivity contribution in [2.24, 2.45) is 0 Å². The summed E-state index contributed by atoms with van der Waals surface area (Å²) >= 11 is 0. The topological polar surface area (TPSA) is 53.1 Å². The Hall–Kier alpha value is -1.32. The lowest BCUT2D eigenvalue weighted by Gasteiger charge is -1.69. The van der Waals surface area contributed by atoms with Gasteiger partial charge in [-0.15, -0.1) is 0 Å². The number of aliphatic carboxylic acids is 1. The van der Waals surface area contributed by atoms with E-state index in [-0.39, 0.29) is 0 Å². The van der Waals surface area contributed by atoms with E-state index in [0.717, 1.165) is 0 Å². The van der Waals surface area contributed by atoms with Gasteiger partial charge in [0.1, 0.15) is 0 Å². The highest BCUT2D eigenvalue weighted by Gasteiger charge is 1.85. The average molecular weight is 145 g/mol. The normalized spacial score (nSPS) is 7.70. The van der Waals surface area contributed by atoms with Crippen molar-refractivity contribution in [1.29, 1.82) is 0 Å². The summed E-state index contributed by atoms with van der Waals surface area (Å²) in [6, 6.07) is 3.89. The molecule has 3 nitrogen and oxygen atoms in total. The van der Waals surface area contributed by atoms with Crippen LogP contribution in [0.4, 0.5) is 4.39 Å². The summed E-state index contributed by atoms with van der Waals surface area (Å²) in [5.74, 6) is -1.41. The molecule has 10 heavy (non-hydrogen) atoms. The van der Waals surface area contributed by atoms with Crippen molar-refractivity contribution in [2.75, 3.05) is 6.67 Å². The van der Waals surface area contributed by atoms with Gasteiger partial charge in [-0.25, -0.2) is 9.18 Å². The number of halogens is 1. The van der Waals surface area contributed by atoms with Crippen molar-refractivity contribution in [2.45, 2.75) is 0 Å². The Morgan fingerprint density at radius 1 is 1.50 bits per heavy atom. The maximum absolute atomic E-state index is 10.5. The highest BCUT2D eigenvalue weighted by Crippen LogP contribution is 1.72. The molecule has 0 atom stereocenters. The number of alkyl halides is 1. The fraction of sp³-hybridized carbons (Fsp3) is 0.167. The zero-order chi connectivity index (χ0) is 7.82. The molecule has 0 unspecified atom stereocenters. The fourth-order valence-electron chi connectivity index (χ4n) is 0.278. The Balaban J connectivity index is 0.000000162. The molecule has 0 aromatic carbocycles. The number of carboxylic acid groups (broad SMARTS) is 1. The van der Waals surface area contributed by atoms with Crippen LogP contribution in [0.3, 0.4) is 0 Å². The number of hydrogen-bond acceptors (Lipinski definition) is 1. The second kappa shape index (κ2) is 5.81. The quantitative estimate of drug-likeness (QED) is 0.620. The predicted octanol–water partition coefficient (Wildman–Crippen LogP) is 1.06. The van der Waals surface area contributed by atoms with E-state index in [2.05, 4.69) is 4.98 Å². The summed E-state index contributed by atoms with van der Waals surface area (Å²) in [6.45, 7) is -1.28. The third-order valence-corrected chi connectivity index (χ3v) is 0.610. The number of rotatable bonds is 1. The fourth-order valence-corrected chi connectivity index (χ4v) is 0.278. The Labute approximate surface area is 57.5 Å². The molecule has 0 aliphatic rings. The van der Waals surface area contributed by atoms with E-state index in [4.69, 9.17) is 9.90 Å². The first-order valence-corrected chi connectivity index (χ1v) is 2.63. The number of aromatic amines is 1. The van der Waals surface area contributed by atoms with Crippen LogP contribution in [0.5, 0.6) is 0 Å². The summed E-state index contributed by atoms with van der Waals surface area (Å²) < 4.78 is 10.5. The summed E-state index contributed by atoms with van der Waals surface area (Å²) in [5.41, 5.74) is 0. The third-order valence-electron chi connectivity index (χ3n) is 0.610. The van der Waals surface area contributed by atoms with Crippen LogP contribution < -0.4 is 0 Å². The van der Waals surface area contributed by atoms with Crippen LogP contribution in [-0.4, -0.2) is 22.7 Å².